The number of furan rings is 1. The van der Waals surface area contributed by atoms with Crippen LogP contribution in [0.2, 0.25) is 0 Å². The Bertz CT molecular complexity index is 1100. The van der Waals surface area contributed by atoms with Crippen molar-refractivity contribution in [3.8, 4) is 17.1 Å². The van der Waals surface area contributed by atoms with Gasteiger partial charge in [-0.15, -0.1) is 5.10 Å². The van der Waals surface area contributed by atoms with Crippen LogP contribution in [0.4, 0.5) is 0 Å². The molecule has 1 N–H and O–H groups in total. The molecule has 0 aliphatic carbocycles. The second kappa shape index (κ2) is 9.66. The highest BCUT2D eigenvalue weighted by molar-refractivity contribution is 8.15. The maximum Gasteiger partial charge on any atom is 0.239 e. The maximum absolute atomic E-state index is 12.3. The zero-order chi connectivity index (χ0) is 21.6. The lowest BCUT2D eigenvalue weighted by molar-refractivity contribution is -0.118. The van der Waals surface area contributed by atoms with Gasteiger partial charge in [0.25, 0.3) is 0 Å². The van der Waals surface area contributed by atoms with Crippen molar-refractivity contribution < 1.29 is 13.9 Å². The molecule has 3 aromatic rings. The number of hydrogen-bond acceptors (Lipinski definition) is 6. The summed E-state index contributed by atoms with van der Waals surface area (Å²) in [6.45, 7) is 4.63. The third kappa shape index (κ3) is 5.44. The minimum Gasteiger partial charge on any atom is -0.494 e. The molecule has 1 saturated heterocycles. The monoisotopic (exact) mass is 433 g/mol. The highest BCUT2D eigenvalue weighted by atomic mass is 32.2. The number of ether oxygens (including phenoxy) is 1. The van der Waals surface area contributed by atoms with Gasteiger partial charge in [-0.3, -0.25) is 4.79 Å². The first-order valence-corrected chi connectivity index (χ1v) is 11.0. The van der Waals surface area contributed by atoms with E-state index in [1.54, 1.807) is 0 Å². The lowest BCUT2D eigenvalue weighted by atomic mass is 10.1. The molecule has 0 spiro atoms. The summed E-state index contributed by atoms with van der Waals surface area (Å²) in [6.07, 6.45) is 2.15. The minimum absolute atomic E-state index is 0.0625. The first kappa shape index (κ1) is 20.9. The fourth-order valence-corrected chi connectivity index (χ4v) is 4.09. The fraction of sp³-hybridized carbons (Fsp3) is 0.208. The predicted octanol–water partition coefficient (Wildman–Crippen LogP) is 4.82. The van der Waals surface area contributed by atoms with Crippen molar-refractivity contribution in [3.05, 3.63) is 77.6 Å². The SMILES string of the molecule is CCOc1ccc(C[C@H]2S/C(=N\N=C/c3ccc(-c4ccc(C)cc4)o3)NC2=O)cc1. The molecule has 1 amide bonds. The number of aryl methyl sites for hydroxylation is 1. The molecule has 1 aliphatic rings. The number of amides is 1. The van der Waals surface area contributed by atoms with Gasteiger partial charge in [-0.05, 0) is 50.1 Å². The van der Waals surface area contributed by atoms with Crippen molar-refractivity contribution in [2.45, 2.75) is 25.5 Å². The van der Waals surface area contributed by atoms with Crippen LogP contribution in [0.5, 0.6) is 5.75 Å². The van der Waals surface area contributed by atoms with Crippen molar-refractivity contribution >= 4 is 29.1 Å². The second-order valence-corrected chi connectivity index (χ2v) is 8.29. The lowest BCUT2D eigenvalue weighted by Gasteiger charge is -2.07. The number of carbonyl (C=O) groups excluding carboxylic acids is 1. The van der Waals surface area contributed by atoms with Gasteiger partial charge in [0.2, 0.25) is 5.91 Å². The molecular formula is C24H23N3O3S. The van der Waals surface area contributed by atoms with Gasteiger partial charge in [0, 0.05) is 5.56 Å². The van der Waals surface area contributed by atoms with Gasteiger partial charge >= 0.3 is 0 Å². The number of benzene rings is 2. The Morgan fingerprint density at radius 2 is 1.87 bits per heavy atom. The summed E-state index contributed by atoms with van der Waals surface area (Å²) < 4.78 is 11.3. The summed E-state index contributed by atoms with van der Waals surface area (Å²) in [7, 11) is 0. The Balaban J connectivity index is 1.35. The molecule has 2 heterocycles. The quantitative estimate of drug-likeness (QED) is 0.428. The molecule has 7 heteroatoms. The minimum atomic E-state index is -0.233. The molecule has 31 heavy (non-hydrogen) atoms. The van der Waals surface area contributed by atoms with Crippen LogP contribution < -0.4 is 10.1 Å². The van der Waals surface area contributed by atoms with Crippen LogP contribution in [0.3, 0.4) is 0 Å². The number of thioether (sulfide) groups is 1. The number of hydrogen-bond donors (Lipinski definition) is 1. The van der Waals surface area contributed by atoms with Gasteiger partial charge in [-0.2, -0.15) is 5.10 Å². The predicted molar refractivity (Wildman–Crippen MR) is 125 cm³/mol. The van der Waals surface area contributed by atoms with E-state index in [1.165, 1.54) is 23.5 Å². The Hall–Kier alpha value is -3.32. The smallest absolute Gasteiger partial charge is 0.239 e. The Morgan fingerprint density at radius 3 is 2.61 bits per heavy atom. The fourth-order valence-electron chi connectivity index (χ4n) is 3.12. The molecule has 1 atom stereocenters. The van der Waals surface area contributed by atoms with Crippen LogP contribution in [-0.4, -0.2) is 29.1 Å². The molecule has 1 aromatic heterocycles. The van der Waals surface area contributed by atoms with E-state index in [-0.39, 0.29) is 11.2 Å². The molecule has 158 valence electrons. The standard InChI is InChI=1S/C24H23N3O3S/c1-3-29-19-10-6-17(7-11-19)14-22-23(28)26-24(31-22)27-25-15-20-12-13-21(30-20)18-8-4-16(2)5-9-18/h4-13,15,22H,3,14H2,1-2H3,(H,26,27,28)/b25-15-/t22-/m1/s1. The number of nitrogens with zero attached hydrogens (tertiary/aromatic N) is 2. The van der Waals surface area contributed by atoms with E-state index in [0.717, 1.165) is 22.6 Å². The normalized spacial score (nSPS) is 17.4. The number of nitrogens with one attached hydrogen (secondary N) is 1. The summed E-state index contributed by atoms with van der Waals surface area (Å²) in [4.78, 5) is 12.3. The molecule has 0 radical (unpaired) electrons. The van der Waals surface area contributed by atoms with Gasteiger partial charge in [-0.1, -0.05) is 53.7 Å². The molecular weight excluding hydrogens is 410 g/mol. The Kier molecular flexibility index (Phi) is 6.52. The largest absolute Gasteiger partial charge is 0.494 e. The van der Waals surface area contributed by atoms with Crippen molar-refractivity contribution in [2.75, 3.05) is 6.61 Å². The zero-order valence-electron chi connectivity index (χ0n) is 17.4. The summed E-state index contributed by atoms with van der Waals surface area (Å²) in [5, 5.41) is 11.2. The summed E-state index contributed by atoms with van der Waals surface area (Å²) in [5.74, 6) is 2.13. The van der Waals surface area contributed by atoms with E-state index in [9.17, 15) is 4.79 Å². The maximum atomic E-state index is 12.3. The van der Waals surface area contributed by atoms with E-state index in [0.29, 0.717) is 24.0 Å². The molecule has 0 unspecified atom stereocenters. The highest BCUT2D eigenvalue weighted by Crippen LogP contribution is 2.25. The summed E-state index contributed by atoms with van der Waals surface area (Å²) in [6, 6.07) is 19.7. The molecule has 0 saturated carbocycles. The van der Waals surface area contributed by atoms with Crippen molar-refractivity contribution in [1.82, 2.24) is 5.32 Å². The van der Waals surface area contributed by atoms with Crippen molar-refractivity contribution in [3.63, 3.8) is 0 Å². The van der Waals surface area contributed by atoms with Crippen LogP contribution in [-0.2, 0) is 11.2 Å². The van der Waals surface area contributed by atoms with Crippen molar-refractivity contribution in [2.24, 2.45) is 10.2 Å². The third-order valence-electron chi connectivity index (χ3n) is 4.73. The zero-order valence-corrected chi connectivity index (χ0v) is 18.2. The van der Waals surface area contributed by atoms with Crippen LogP contribution in [0.1, 0.15) is 23.8 Å². The Labute approximate surface area is 185 Å². The molecule has 0 bridgehead atoms. The molecule has 1 fully saturated rings. The second-order valence-electron chi connectivity index (χ2n) is 7.09. The molecule has 2 aromatic carbocycles. The first-order valence-electron chi connectivity index (χ1n) is 10.1. The molecule has 1 aliphatic heterocycles. The number of amidine groups is 1. The third-order valence-corrected chi connectivity index (χ3v) is 5.80. The molecule has 4 rings (SSSR count). The average Bonchev–Trinajstić information content (AvgIpc) is 3.37. The van der Waals surface area contributed by atoms with Gasteiger partial charge in [0.1, 0.15) is 17.3 Å². The van der Waals surface area contributed by atoms with Gasteiger partial charge in [0.15, 0.2) is 5.17 Å². The van der Waals surface area contributed by atoms with E-state index in [1.807, 2.05) is 74.5 Å². The Morgan fingerprint density at radius 1 is 1.10 bits per heavy atom. The highest BCUT2D eigenvalue weighted by Gasteiger charge is 2.30. The van der Waals surface area contributed by atoms with E-state index >= 15 is 0 Å². The van der Waals surface area contributed by atoms with Gasteiger partial charge in [-0.25, -0.2) is 0 Å². The topological polar surface area (TPSA) is 76.2 Å². The summed E-state index contributed by atoms with van der Waals surface area (Å²) in [5.41, 5.74) is 3.28. The van der Waals surface area contributed by atoms with Crippen LogP contribution in [0.15, 0.2) is 75.3 Å². The van der Waals surface area contributed by atoms with Gasteiger partial charge in [0.05, 0.1) is 18.1 Å². The first-order chi connectivity index (χ1) is 15.1. The molecule has 6 nitrogen and oxygen atoms in total. The average molecular weight is 434 g/mol. The number of rotatable bonds is 7. The van der Waals surface area contributed by atoms with Gasteiger partial charge < -0.3 is 14.5 Å². The van der Waals surface area contributed by atoms with Crippen molar-refractivity contribution in [1.29, 1.82) is 0 Å². The van der Waals surface area contributed by atoms with E-state index in [4.69, 9.17) is 9.15 Å². The number of carbonyl (C=O) groups is 1. The van der Waals surface area contributed by atoms with Crippen LogP contribution >= 0.6 is 11.8 Å². The van der Waals surface area contributed by atoms with Crippen LogP contribution in [0, 0.1) is 6.92 Å². The lowest BCUT2D eigenvalue weighted by Crippen LogP contribution is -2.25. The van der Waals surface area contributed by atoms with E-state index in [2.05, 4.69) is 15.5 Å². The van der Waals surface area contributed by atoms with E-state index < -0.39 is 0 Å². The van der Waals surface area contributed by atoms with Crippen LogP contribution in [0.25, 0.3) is 11.3 Å². The summed E-state index contributed by atoms with van der Waals surface area (Å²) >= 11 is 1.38.